The van der Waals surface area contributed by atoms with E-state index in [-0.39, 0.29) is 11.5 Å². The average molecular weight is 288 g/mol. The lowest BCUT2D eigenvalue weighted by Gasteiger charge is -2.12. The second-order valence-electron chi connectivity index (χ2n) is 5.14. The molecule has 5 nitrogen and oxygen atoms in total. The summed E-state index contributed by atoms with van der Waals surface area (Å²) in [4.78, 5) is 19.5. The van der Waals surface area contributed by atoms with Crippen LogP contribution in [0.25, 0.3) is 11.4 Å². The van der Waals surface area contributed by atoms with Crippen LogP contribution in [0.1, 0.15) is 31.0 Å². The van der Waals surface area contributed by atoms with Gasteiger partial charge in [-0.2, -0.15) is 0 Å². The third-order valence-electron chi connectivity index (χ3n) is 3.38. The fourth-order valence-electron chi connectivity index (χ4n) is 2.40. The lowest BCUT2D eigenvalue weighted by Crippen LogP contribution is -2.18. The summed E-state index contributed by atoms with van der Waals surface area (Å²) in [7, 11) is 3.16. The summed E-state index contributed by atoms with van der Waals surface area (Å²) in [5.41, 5.74) is 2.16. The smallest absolute Gasteiger partial charge is 0.254 e. The number of methoxy groups -OCH3 is 2. The van der Waals surface area contributed by atoms with Crippen LogP contribution >= 0.6 is 0 Å². The van der Waals surface area contributed by atoms with Gasteiger partial charge in [0.15, 0.2) is 11.5 Å². The van der Waals surface area contributed by atoms with Gasteiger partial charge in [0, 0.05) is 16.8 Å². The number of rotatable bonds is 4. The zero-order chi connectivity index (χ0) is 15.6. The van der Waals surface area contributed by atoms with E-state index in [2.05, 4.69) is 9.97 Å². The van der Waals surface area contributed by atoms with E-state index >= 15 is 0 Å². The molecule has 0 saturated carbocycles. The summed E-state index contributed by atoms with van der Waals surface area (Å²) in [6.45, 7) is 5.82. The average Bonchev–Trinajstić information content (AvgIpc) is 2.45. The van der Waals surface area contributed by atoms with Crippen molar-refractivity contribution in [3.8, 4) is 22.9 Å². The van der Waals surface area contributed by atoms with Crippen molar-refractivity contribution in [3.05, 3.63) is 39.8 Å². The molecule has 21 heavy (non-hydrogen) atoms. The molecule has 1 aromatic heterocycles. The van der Waals surface area contributed by atoms with Crippen molar-refractivity contribution in [1.82, 2.24) is 9.97 Å². The van der Waals surface area contributed by atoms with Gasteiger partial charge < -0.3 is 14.5 Å². The van der Waals surface area contributed by atoms with Crippen LogP contribution in [0.3, 0.4) is 0 Å². The van der Waals surface area contributed by atoms with Crippen molar-refractivity contribution in [3.63, 3.8) is 0 Å². The highest BCUT2D eigenvalue weighted by atomic mass is 16.5. The fraction of sp³-hybridized carbons (Fsp3) is 0.375. The number of aromatic nitrogens is 2. The second-order valence-corrected chi connectivity index (χ2v) is 5.14. The molecular weight excluding hydrogens is 268 g/mol. The molecule has 0 atom stereocenters. The van der Waals surface area contributed by atoms with E-state index in [1.54, 1.807) is 26.4 Å². The van der Waals surface area contributed by atoms with Crippen LogP contribution in [0.4, 0.5) is 0 Å². The third-order valence-corrected chi connectivity index (χ3v) is 3.38. The van der Waals surface area contributed by atoms with Crippen molar-refractivity contribution < 1.29 is 9.47 Å². The minimum Gasteiger partial charge on any atom is -0.493 e. The summed E-state index contributed by atoms with van der Waals surface area (Å²) < 4.78 is 10.5. The fourth-order valence-corrected chi connectivity index (χ4v) is 2.40. The molecule has 5 heteroatoms. The van der Waals surface area contributed by atoms with Crippen LogP contribution < -0.4 is 15.0 Å². The first kappa shape index (κ1) is 15.1. The van der Waals surface area contributed by atoms with E-state index in [0.29, 0.717) is 17.3 Å². The maximum absolute atomic E-state index is 12.2. The van der Waals surface area contributed by atoms with E-state index in [9.17, 15) is 4.79 Å². The number of nitrogens with zero attached hydrogens (tertiary/aromatic N) is 1. The molecule has 0 fully saturated rings. The minimum atomic E-state index is -0.0951. The Morgan fingerprint density at radius 1 is 1.14 bits per heavy atom. The highest BCUT2D eigenvalue weighted by Crippen LogP contribution is 2.31. The van der Waals surface area contributed by atoms with E-state index in [4.69, 9.17) is 9.47 Å². The number of hydrogen-bond acceptors (Lipinski definition) is 4. The number of aromatic amines is 1. The molecule has 0 unspecified atom stereocenters. The number of nitrogens with one attached hydrogen (secondary N) is 1. The molecule has 112 valence electrons. The minimum absolute atomic E-state index is 0.0951. The molecule has 1 heterocycles. The number of ether oxygens (including phenoxy) is 2. The molecule has 0 aliphatic rings. The first-order valence-corrected chi connectivity index (χ1v) is 6.81. The van der Waals surface area contributed by atoms with Crippen LogP contribution in [0.5, 0.6) is 11.5 Å². The van der Waals surface area contributed by atoms with Gasteiger partial charge in [-0.15, -0.1) is 0 Å². The lowest BCUT2D eigenvalue weighted by atomic mass is 10.0. The van der Waals surface area contributed by atoms with E-state index in [0.717, 1.165) is 16.8 Å². The third kappa shape index (κ3) is 2.91. The zero-order valence-electron chi connectivity index (χ0n) is 13.0. The quantitative estimate of drug-likeness (QED) is 0.939. The van der Waals surface area contributed by atoms with Crippen molar-refractivity contribution in [1.29, 1.82) is 0 Å². The number of aryl methyl sites for hydroxylation is 1. The van der Waals surface area contributed by atoms with Gasteiger partial charge in [-0.05, 0) is 31.0 Å². The lowest BCUT2D eigenvalue weighted by molar-refractivity contribution is 0.355. The van der Waals surface area contributed by atoms with E-state index in [1.165, 1.54) is 0 Å². The highest BCUT2D eigenvalue weighted by molar-refractivity contribution is 5.61. The van der Waals surface area contributed by atoms with Crippen molar-refractivity contribution in [2.45, 2.75) is 26.7 Å². The number of H-pyrrole nitrogens is 1. The van der Waals surface area contributed by atoms with Gasteiger partial charge in [0.05, 0.1) is 14.2 Å². The molecular formula is C16H20N2O3. The Labute approximate surface area is 124 Å². The molecule has 2 rings (SSSR count). The number of benzene rings is 1. The Kier molecular flexibility index (Phi) is 4.31. The SMILES string of the molecule is COc1ccc(-c2nc(C)c(C(C)C)c(=O)[nH]2)cc1OC. The largest absolute Gasteiger partial charge is 0.493 e. The summed E-state index contributed by atoms with van der Waals surface area (Å²) in [5, 5.41) is 0. The molecule has 0 spiro atoms. The summed E-state index contributed by atoms with van der Waals surface area (Å²) >= 11 is 0. The Balaban J connectivity index is 2.55. The molecule has 0 aliphatic heterocycles. The van der Waals surface area contributed by atoms with Crippen LogP contribution in [0.15, 0.2) is 23.0 Å². The van der Waals surface area contributed by atoms with Crippen LogP contribution in [-0.2, 0) is 0 Å². The Morgan fingerprint density at radius 2 is 1.81 bits per heavy atom. The van der Waals surface area contributed by atoms with Crippen molar-refractivity contribution in [2.75, 3.05) is 14.2 Å². The maximum Gasteiger partial charge on any atom is 0.254 e. The van der Waals surface area contributed by atoms with Crippen LogP contribution in [-0.4, -0.2) is 24.2 Å². The molecule has 0 aliphatic carbocycles. The summed E-state index contributed by atoms with van der Waals surface area (Å²) in [5.74, 6) is 1.91. The van der Waals surface area contributed by atoms with E-state index in [1.807, 2.05) is 26.8 Å². The molecule has 0 bridgehead atoms. The van der Waals surface area contributed by atoms with Crippen molar-refractivity contribution >= 4 is 0 Å². The van der Waals surface area contributed by atoms with Crippen LogP contribution in [0, 0.1) is 6.92 Å². The summed E-state index contributed by atoms with van der Waals surface area (Å²) in [6.07, 6.45) is 0. The molecule has 0 amide bonds. The molecule has 2 aromatic rings. The van der Waals surface area contributed by atoms with Gasteiger partial charge in [0.25, 0.3) is 5.56 Å². The molecule has 1 aromatic carbocycles. The molecule has 1 N–H and O–H groups in total. The number of hydrogen-bond donors (Lipinski definition) is 1. The maximum atomic E-state index is 12.2. The first-order valence-electron chi connectivity index (χ1n) is 6.81. The molecule has 0 saturated heterocycles. The topological polar surface area (TPSA) is 64.2 Å². The van der Waals surface area contributed by atoms with Gasteiger partial charge >= 0.3 is 0 Å². The van der Waals surface area contributed by atoms with Gasteiger partial charge in [-0.3, -0.25) is 4.79 Å². The van der Waals surface area contributed by atoms with Crippen molar-refractivity contribution in [2.24, 2.45) is 0 Å². The predicted octanol–water partition coefficient (Wildman–Crippen LogP) is 2.89. The standard InChI is InChI=1S/C16H20N2O3/c1-9(2)14-10(3)17-15(18-16(14)19)11-6-7-12(20-4)13(8-11)21-5/h6-9H,1-5H3,(H,17,18,19). The Hall–Kier alpha value is -2.30. The first-order chi connectivity index (χ1) is 9.97. The Bertz CT molecular complexity index is 705. The highest BCUT2D eigenvalue weighted by Gasteiger charge is 2.13. The van der Waals surface area contributed by atoms with E-state index < -0.39 is 0 Å². The van der Waals surface area contributed by atoms with Gasteiger partial charge in [0.1, 0.15) is 5.82 Å². The van der Waals surface area contributed by atoms with Gasteiger partial charge in [-0.25, -0.2) is 4.98 Å². The monoisotopic (exact) mass is 288 g/mol. The zero-order valence-corrected chi connectivity index (χ0v) is 13.0. The van der Waals surface area contributed by atoms with Gasteiger partial charge in [-0.1, -0.05) is 13.8 Å². The second kappa shape index (κ2) is 5.99. The van der Waals surface area contributed by atoms with Gasteiger partial charge in [0.2, 0.25) is 0 Å². The summed E-state index contributed by atoms with van der Waals surface area (Å²) in [6, 6.07) is 5.43. The Morgan fingerprint density at radius 3 is 2.33 bits per heavy atom. The van der Waals surface area contributed by atoms with Crippen LogP contribution in [0.2, 0.25) is 0 Å². The molecule has 0 radical (unpaired) electrons. The predicted molar refractivity (Wildman–Crippen MR) is 82.2 cm³/mol. The normalized spacial score (nSPS) is 10.8.